The van der Waals surface area contributed by atoms with Crippen molar-refractivity contribution in [1.29, 1.82) is 0 Å². The van der Waals surface area contributed by atoms with Crippen LogP contribution < -0.4 is 5.73 Å². The summed E-state index contributed by atoms with van der Waals surface area (Å²) in [5.41, 5.74) is 8.41. The highest BCUT2D eigenvalue weighted by Crippen LogP contribution is 2.16. The van der Waals surface area contributed by atoms with Crippen LogP contribution in [0, 0.1) is 6.92 Å². The second-order valence-corrected chi connectivity index (χ2v) is 4.01. The first-order chi connectivity index (χ1) is 8.74. The molecule has 0 radical (unpaired) electrons. The number of hydrogen-bond acceptors (Lipinski definition) is 6. The van der Waals surface area contributed by atoms with Gasteiger partial charge in [0.2, 0.25) is 12.3 Å². The van der Waals surface area contributed by atoms with E-state index in [4.69, 9.17) is 5.73 Å². The van der Waals surface area contributed by atoms with Crippen molar-refractivity contribution in [2.75, 3.05) is 5.73 Å². The predicted octanol–water partition coefficient (Wildman–Crippen LogP) is 0.948. The van der Waals surface area contributed by atoms with Gasteiger partial charge in [-0.1, -0.05) is 5.16 Å². The van der Waals surface area contributed by atoms with E-state index in [0.717, 1.165) is 16.9 Å². The average Bonchev–Trinajstić information content (AvgIpc) is 2.94. The number of hydrogen-bond donors (Lipinski definition) is 1. The summed E-state index contributed by atoms with van der Waals surface area (Å²) in [6.45, 7) is 2.56. The first-order valence-electron chi connectivity index (χ1n) is 5.58. The van der Waals surface area contributed by atoms with Gasteiger partial charge in [-0.05, 0) is 19.1 Å². The zero-order valence-electron chi connectivity index (χ0n) is 9.87. The molecule has 0 spiro atoms. The smallest absolute Gasteiger partial charge is 0.213 e. The number of imidazole rings is 1. The van der Waals surface area contributed by atoms with E-state index in [-0.39, 0.29) is 0 Å². The Labute approximate surface area is 103 Å². The van der Waals surface area contributed by atoms with Crippen molar-refractivity contribution in [1.82, 2.24) is 24.7 Å². The van der Waals surface area contributed by atoms with Crippen LogP contribution >= 0.6 is 0 Å². The predicted molar refractivity (Wildman–Crippen MR) is 64.7 cm³/mol. The zero-order chi connectivity index (χ0) is 12.5. The summed E-state index contributed by atoms with van der Waals surface area (Å²) in [6.07, 6.45) is 1.94. The Bertz CT molecular complexity index is 672. The van der Waals surface area contributed by atoms with Gasteiger partial charge in [0, 0.05) is 18.7 Å². The molecular weight excluding hydrogens is 232 g/mol. The van der Waals surface area contributed by atoms with E-state index in [0.29, 0.717) is 24.7 Å². The Morgan fingerprint density at radius 1 is 1.33 bits per heavy atom. The van der Waals surface area contributed by atoms with Crippen LogP contribution in [0.3, 0.4) is 0 Å². The normalized spacial score (nSPS) is 11.2. The standard InChI is InChI=1S/C11H12N6O/c1-7-2-3-8-10(14-7)17(11(12)15-8)5-4-9-13-6-18-16-9/h2-3,6H,4-5H2,1H3,(H2,12,15). The van der Waals surface area contributed by atoms with E-state index < -0.39 is 0 Å². The van der Waals surface area contributed by atoms with Crippen LogP contribution in [0.25, 0.3) is 11.2 Å². The van der Waals surface area contributed by atoms with Gasteiger partial charge in [-0.3, -0.25) is 4.57 Å². The first kappa shape index (κ1) is 10.7. The van der Waals surface area contributed by atoms with Crippen LogP contribution in [0.1, 0.15) is 11.5 Å². The molecule has 0 saturated carbocycles. The summed E-state index contributed by atoms with van der Waals surface area (Å²) in [7, 11) is 0. The molecule has 0 unspecified atom stereocenters. The molecule has 0 amide bonds. The van der Waals surface area contributed by atoms with Gasteiger partial charge in [-0.2, -0.15) is 4.98 Å². The van der Waals surface area contributed by atoms with E-state index in [1.54, 1.807) is 0 Å². The van der Waals surface area contributed by atoms with Crippen molar-refractivity contribution in [3.63, 3.8) is 0 Å². The molecule has 0 fully saturated rings. The average molecular weight is 244 g/mol. The maximum absolute atomic E-state index is 5.89. The van der Waals surface area contributed by atoms with Crippen LogP contribution in [0.15, 0.2) is 23.0 Å². The Morgan fingerprint density at radius 2 is 2.22 bits per heavy atom. The molecule has 7 heteroatoms. The monoisotopic (exact) mass is 244 g/mol. The number of anilines is 1. The Balaban J connectivity index is 1.95. The minimum absolute atomic E-state index is 0.451. The fraction of sp³-hybridized carbons (Fsp3) is 0.273. The lowest BCUT2D eigenvalue weighted by Crippen LogP contribution is -2.07. The van der Waals surface area contributed by atoms with Crippen LogP contribution in [-0.2, 0) is 13.0 Å². The summed E-state index contributed by atoms with van der Waals surface area (Å²) in [5, 5.41) is 3.76. The fourth-order valence-electron chi connectivity index (χ4n) is 1.85. The number of aryl methyl sites for hydroxylation is 3. The van der Waals surface area contributed by atoms with Crippen LogP contribution in [0.4, 0.5) is 5.95 Å². The second kappa shape index (κ2) is 4.10. The molecule has 3 aromatic rings. The van der Waals surface area contributed by atoms with E-state index in [1.807, 2.05) is 23.6 Å². The molecule has 0 atom stereocenters. The summed E-state index contributed by atoms with van der Waals surface area (Å²) >= 11 is 0. The molecule has 0 bridgehead atoms. The van der Waals surface area contributed by atoms with Gasteiger partial charge in [0.15, 0.2) is 11.5 Å². The number of aromatic nitrogens is 5. The number of nitrogens with zero attached hydrogens (tertiary/aromatic N) is 5. The highest BCUT2D eigenvalue weighted by atomic mass is 16.5. The quantitative estimate of drug-likeness (QED) is 0.736. The molecule has 0 aliphatic carbocycles. The summed E-state index contributed by atoms with van der Waals surface area (Å²) in [5.74, 6) is 1.09. The van der Waals surface area contributed by atoms with Gasteiger partial charge in [0.1, 0.15) is 5.52 Å². The second-order valence-electron chi connectivity index (χ2n) is 4.01. The first-order valence-corrected chi connectivity index (χ1v) is 5.58. The Hall–Kier alpha value is -2.44. The maximum atomic E-state index is 5.89. The highest BCUT2D eigenvalue weighted by molar-refractivity contribution is 5.74. The lowest BCUT2D eigenvalue weighted by Gasteiger charge is -2.03. The molecular formula is C11H12N6O. The lowest BCUT2D eigenvalue weighted by atomic mass is 10.3. The van der Waals surface area contributed by atoms with Gasteiger partial charge in [-0.15, -0.1) is 0 Å². The Kier molecular flexibility index (Phi) is 2.44. The van der Waals surface area contributed by atoms with E-state index in [9.17, 15) is 0 Å². The third-order valence-electron chi connectivity index (χ3n) is 2.73. The number of nitrogens with two attached hydrogens (primary N) is 1. The van der Waals surface area contributed by atoms with Gasteiger partial charge in [0.05, 0.1) is 0 Å². The van der Waals surface area contributed by atoms with Crippen molar-refractivity contribution in [3.05, 3.63) is 30.0 Å². The molecule has 3 heterocycles. The molecule has 0 aromatic carbocycles. The van der Waals surface area contributed by atoms with Crippen LogP contribution in [0.2, 0.25) is 0 Å². The minimum atomic E-state index is 0.451. The molecule has 3 aromatic heterocycles. The number of nitrogen functional groups attached to an aromatic ring is 1. The minimum Gasteiger partial charge on any atom is -0.369 e. The summed E-state index contributed by atoms with van der Waals surface area (Å²) < 4.78 is 6.55. The van der Waals surface area contributed by atoms with E-state index in [1.165, 1.54) is 6.39 Å². The third kappa shape index (κ3) is 1.79. The maximum Gasteiger partial charge on any atom is 0.213 e. The molecule has 0 aliphatic heterocycles. The zero-order valence-corrected chi connectivity index (χ0v) is 9.87. The van der Waals surface area contributed by atoms with Crippen molar-refractivity contribution < 1.29 is 4.52 Å². The summed E-state index contributed by atoms with van der Waals surface area (Å²) in [6, 6.07) is 3.83. The third-order valence-corrected chi connectivity index (χ3v) is 2.73. The van der Waals surface area contributed by atoms with Crippen molar-refractivity contribution >= 4 is 17.1 Å². The molecule has 92 valence electrons. The summed E-state index contributed by atoms with van der Waals surface area (Å²) in [4.78, 5) is 12.7. The largest absolute Gasteiger partial charge is 0.369 e. The van der Waals surface area contributed by atoms with E-state index in [2.05, 4.69) is 24.6 Å². The molecule has 3 rings (SSSR count). The molecule has 2 N–H and O–H groups in total. The fourth-order valence-corrected chi connectivity index (χ4v) is 1.85. The molecule has 0 aliphatic rings. The van der Waals surface area contributed by atoms with Crippen molar-refractivity contribution in [2.45, 2.75) is 19.9 Å². The van der Waals surface area contributed by atoms with Crippen LogP contribution in [0.5, 0.6) is 0 Å². The molecule has 0 saturated heterocycles. The van der Waals surface area contributed by atoms with Gasteiger partial charge in [-0.25, -0.2) is 9.97 Å². The van der Waals surface area contributed by atoms with E-state index >= 15 is 0 Å². The molecule has 7 nitrogen and oxygen atoms in total. The van der Waals surface area contributed by atoms with Gasteiger partial charge in [0.25, 0.3) is 0 Å². The van der Waals surface area contributed by atoms with Gasteiger partial charge < -0.3 is 10.3 Å². The van der Waals surface area contributed by atoms with Crippen molar-refractivity contribution in [3.8, 4) is 0 Å². The highest BCUT2D eigenvalue weighted by Gasteiger charge is 2.10. The van der Waals surface area contributed by atoms with Gasteiger partial charge >= 0.3 is 0 Å². The van der Waals surface area contributed by atoms with Crippen LogP contribution in [-0.4, -0.2) is 24.7 Å². The topological polar surface area (TPSA) is 95.7 Å². The number of pyridine rings is 1. The number of rotatable bonds is 3. The number of fused-ring (bicyclic) bond motifs is 1. The molecule has 18 heavy (non-hydrogen) atoms. The Morgan fingerprint density at radius 3 is 3.00 bits per heavy atom. The lowest BCUT2D eigenvalue weighted by molar-refractivity contribution is 0.408. The SMILES string of the molecule is Cc1ccc2nc(N)n(CCc3ncon3)c2n1. The van der Waals surface area contributed by atoms with Crippen molar-refractivity contribution in [2.24, 2.45) is 0 Å².